The Labute approximate surface area is 186 Å². The van der Waals surface area contributed by atoms with E-state index >= 15 is 0 Å². The van der Waals surface area contributed by atoms with E-state index in [0.717, 1.165) is 45.1 Å². The highest BCUT2D eigenvalue weighted by Gasteiger charge is 2.37. The number of thioether (sulfide) groups is 1. The third-order valence-electron chi connectivity index (χ3n) is 4.69. The molecule has 0 saturated carbocycles. The van der Waals surface area contributed by atoms with Crippen molar-refractivity contribution >= 4 is 35.0 Å². The largest absolute Gasteiger partial charge is 0.494 e. The number of esters is 1. The van der Waals surface area contributed by atoms with Crippen LogP contribution in [0.3, 0.4) is 0 Å². The molecule has 1 aliphatic heterocycles. The zero-order valence-electron chi connectivity index (χ0n) is 18.3. The van der Waals surface area contributed by atoms with Crippen LogP contribution in [-0.4, -0.2) is 45.8 Å². The maximum absolute atomic E-state index is 12.7. The summed E-state index contributed by atoms with van der Waals surface area (Å²) < 4.78 is 12.6. The van der Waals surface area contributed by atoms with Gasteiger partial charge in [-0.15, -0.1) is 0 Å². The van der Waals surface area contributed by atoms with Gasteiger partial charge < -0.3 is 14.0 Å². The SMILES string of the molecule is CCOc1ccc(-n2c(C)cc(/C=C3\SC(=O)N(CC(=O)OC(C)C)C3=O)c2C)cc1. The van der Waals surface area contributed by atoms with Crippen LogP contribution in [0.5, 0.6) is 5.75 Å². The number of amides is 2. The Morgan fingerprint density at radius 3 is 2.45 bits per heavy atom. The Morgan fingerprint density at radius 1 is 1.16 bits per heavy atom. The van der Waals surface area contributed by atoms with Crippen molar-refractivity contribution in [3.05, 3.63) is 52.2 Å². The lowest BCUT2D eigenvalue weighted by molar-refractivity contribution is -0.149. The van der Waals surface area contributed by atoms with E-state index in [4.69, 9.17) is 9.47 Å². The van der Waals surface area contributed by atoms with Gasteiger partial charge >= 0.3 is 5.97 Å². The molecule has 0 N–H and O–H groups in total. The summed E-state index contributed by atoms with van der Waals surface area (Å²) in [6, 6.07) is 9.75. The van der Waals surface area contributed by atoms with Gasteiger partial charge in [-0.05, 0) is 88.4 Å². The number of benzene rings is 1. The molecule has 2 heterocycles. The molecular formula is C23H26N2O5S. The average molecular weight is 443 g/mol. The van der Waals surface area contributed by atoms with Crippen LogP contribution in [0.15, 0.2) is 35.2 Å². The number of hydrogen-bond acceptors (Lipinski definition) is 6. The van der Waals surface area contributed by atoms with Crippen LogP contribution in [0.2, 0.25) is 0 Å². The van der Waals surface area contributed by atoms with Crippen LogP contribution >= 0.6 is 11.8 Å². The Kier molecular flexibility index (Phi) is 6.90. The summed E-state index contributed by atoms with van der Waals surface area (Å²) in [5, 5.41) is -0.475. The fraction of sp³-hybridized carbons (Fsp3) is 0.348. The van der Waals surface area contributed by atoms with Gasteiger partial charge in [0.1, 0.15) is 12.3 Å². The van der Waals surface area contributed by atoms with Gasteiger partial charge in [-0.3, -0.25) is 19.3 Å². The van der Waals surface area contributed by atoms with Crippen molar-refractivity contribution < 1.29 is 23.9 Å². The number of imide groups is 1. The lowest BCUT2D eigenvalue weighted by Crippen LogP contribution is -2.35. The van der Waals surface area contributed by atoms with Crippen LogP contribution in [0.4, 0.5) is 4.79 Å². The van der Waals surface area contributed by atoms with E-state index in [0.29, 0.717) is 6.61 Å². The summed E-state index contributed by atoms with van der Waals surface area (Å²) in [6.07, 6.45) is 1.39. The van der Waals surface area contributed by atoms with Gasteiger partial charge in [-0.25, -0.2) is 0 Å². The third kappa shape index (κ3) is 5.02. The van der Waals surface area contributed by atoms with Crippen LogP contribution in [0.1, 0.15) is 37.7 Å². The highest BCUT2D eigenvalue weighted by molar-refractivity contribution is 8.18. The predicted molar refractivity (Wildman–Crippen MR) is 120 cm³/mol. The van der Waals surface area contributed by atoms with Gasteiger partial charge in [0.15, 0.2) is 0 Å². The minimum atomic E-state index is -0.604. The molecule has 8 heteroatoms. The number of aryl methyl sites for hydroxylation is 1. The zero-order valence-corrected chi connectivity index (χ0v) is 19.1. The first-order valence-corrected chi connectivity index (χ1v) is 10.9. The molecule has 1 fully saturated rings. The fourth-order valence-electron chi connectivity index (χ4n) is 3.40. The summed E-state index contributed by atoms with van der Waals surface area (Å²) in [6.45, 7) is 9.53. The number of ether oxygens (including phenoxy) is 2. The van der Waals surface area contributed by atoms with Crippen LogP contribution in [-0.2, 0) is 14.3 Å². The second kappa shape index (κ2) is 9.43. The molecule has 0 spiro atoms. The number of carbonyl (C=O) groups excluding carboxylic acids is 3. The van der Waals surface area contributed by atoms with Crippen LogP contribution < -0.4 is 4.74 Å². The van der Waals surface area contributed by atoms with Gasteiger partial charge in [0, 0.05) is 17.1 Å². The van der Waals surface area contributed by atoms with Crippen LogP contribution in [0, 0.1) is 13.8 Å². The molecule has 0 bridgehead atoms. The van der Waals surface area contributed by atoms with Crippen molar-refractivity contribution in [1.29, 1.82) is 0 Å². The molecule has 1 aromatic heterocycles. The zero-order chi connectivity index (χ0) is 22.7. The molecule has 2 amide bonds. The van der Waals surface area contributed by atoms with E-state index < -0.39 is 17.1 Å². The van der Waals surface area contributed by atoms with E-state index in [1.54, 1.807) is 19.9 Å². The molecule has 2 aromatic rings. The molecule has 0 aliphatic carbocycles. The van der Waals surface area contributed by atoms with E-state index in [9.17, 15) is 14.4 Å². The molecule has 0 radical (unpaired) electrons. The van der Waals surface area contributed by atoms with Gasteiger partial charge in [0.2, 0.25) is 0 Å². The van der Waals surface area contributed by atoms with E-state index in [1.807, 2.05) is 51.1 Å². The van der Waals surface area contributed by atoms with E-state index in [-0.39, 0.29) is 17.6 Å². The fourth-order valence-corrected chi connectivity index (χ4v) is 4.23. The summed E-state index contributed by atoms with van der Waals surface area (Å²) in [7, 11) is 0. The summed E-state index contributed by atoms with van der Waals surface area (Å²) in [5.74, 6) is -0.285. The van der Waals surface area contributed by atoms with E-state index in [2.05, 4.69) is 4.57 Å². The van der Waals surface area contributed by atoms with Crippen molar-refractivity contribution in [2.24, 2.45) is 0 Å². The Bertz CT molecular complexity index is 1040. The first-order chi connectivity index (χ1) is 14.7. The molecule has 164 valence electrons. The van der Waals surface area contributed by atoms with Crippen molar-refractivity contribution in [1.82, 2.24) is 9.47 Å². The van der Waals surface area contributed by atoms with Crippen molar-refractivity contribution in [2.75, 3.05) is 13.2 Å². The monoisotopic (exact) mass is 442 g/mol. The lowest BCUT2D eigenvalue weighted by atomic mass is 10.2. The lowest BCUT2D eigenvalue weighted by Gasteiger charge is -2.13. The second-order valence-electron chi connectivity index (χ2n) is 7.40. The average Bonchev–Trinajstić information content (AvgIpc) is 3.12. The summed E-state index contributed by atoms with van der Waals surface area (Å²) in [4.78, 5) is 38.1. The normalized spacial score (nSPS) is 15.3. The van der Waals surface area contributed by atoms with Crippen molar-refractivity contribution in [3.63, 3.8) is 0 Å². The quantitative estimate of drug-likeness (QED) is 0.465. The van der Waals surface area contributed by atoms with Gasteiger partial charge in [0.25, 0.3) is 11.1 Å². The van der Waals surface area contributed by atoms with Crippen molar-refractivity contribution in [2.45, 2.75) is 40.7 Å². The minimum Gasteiger partial charge on any atom is -0.494 e. The van der Waals surface area contributed by atoms with Crippen LogP contribution in [0.25, 0.3) is 11.8 Å². The molecule has 7 nitrogen and oxygen atoms in total. The maximum atomic E-state index is 12.7. The molecule has 3 rings (SSSR count). The number of hydrogen-bond donors (Lipinski definition) is 0. The smallest absolute Gasteiger partial charge is 0.326 e. The first-order valence-electron chi connectivity index (χ1n) is 10.1. The molecule has 1 saturated heterocycles. The van der Waals surface area contributed by atoms with Gasteiger partial charge in [-0.2, -0.15) is 0 Å². The molecule has 1 aromatic carbocycles. The number of rotatable bonds is 7. The van der Waals surface area contributed by atoms with Gasteiger partial charge in [0.05, 0.1) is 17.6 Å². The Balaban J connectivity index is 1.84. The van der Waals surface area contributed by atoms with E-state index in [1.165, 1.54) is 0 Å². The highest BCUT2D eigenvalue weighted by Crippen LogP contribution is 2.34. The standard InChI is InChI=1S/C23H26N2O5S/c1-6-29-19-9-7-18(8-10-19)25-15(4)11-17(16(25)5)12-20-22(27)24(23(28)31-20)13-21(26)30-14(2)3/h7-12,14H,6,13H2,1-5H3/b20-12-. The third-order valence-corrected chi connectivity index (χ3v) is 5.60. The second-order valence-corrected chi connectivity index (χ2v) is 8.39. The molecular weight excluding hydrogens is 416 g/mol. The van der Waals surface area contributed by atoms with Crippen molar-refractivity contribution in [3.8, 4) is 11.4 Å². The number of nitrogens with zero attached hydrogens (tertiary/aromatic N) is 2. The summed E-state index contributed by atoms with van der Waals surface area (Å²) in [5.41, 5.74) is 3.74. The highest BCUT2D eigenvalue weighted by atomic mass is 32.2. The number of carbonyl (C=O) groups is 3. The van der Waals surface area contributed by atoms with Gasteiger partial charge in [-0.1, -0.05) is 0 Å². The molecule has 0 atom stereocenters. The minimum absolute atomic E-state index is 0.286. The Hall–Kier alpha value is -3.00. The topological polar surface area (TPSA) is 77.8 Å². The predicted octanol–water partition coefficient (Wildman–Crippen LogP) is 4.48. The first kappa shape index (κ1) is 22.7. The molecule has 1 aliphatic rings. The maximum Gasteiger partial charge on any atom is 0.326 e. The summed E-state index contributed by atoms with van der Waals surface area (Å²) >= 11 is 0.830. The Morgan fingerprint density at radius 2 is 1.84 bits per heavy atom. The number of aromatic nitrogens is 1. The molecule has 0 unspecified atom stereocenters. The molecule has 31 heavy (non-hydrogen) atoms.